The molecule has 1 aromatic carbocycles. The fraction of sp³-hybridized carbons (Fsp3) is 0.154. The maximum Gasteiger partial charge on any atom is 0.233 e. The van der Waals surface area contributed by atoms with Crippen LogP contribution in [0.2, 0.25) is 10.0 Å². The van der Waals surface area contributed by atoms with E-state index in [1.54, 1.807) is 30.3 Å². The Hall–Kier alpha value is -1.65. The van der Waals surface area contributed by atoms with Crippen molar-refractivity contribution in [1.82, 2.24) is 10.2 Å². The highest BCUT2D eigenvalue weighted by molar-refractivity contribution is 6.42. The van der Waals surface area contributed by atoms with Gasteiger partial charge in [0.05, 0.1) is 29.3 Å². The second-order valence-corrected chi connectivity index (χ2v) is 4.61. The second kappa shape index (κ2) is 5.99. The molecule has 0 radical (unpaired) electrons. The molecule has 1 aromatic heterocycles. The molecule has 2 rings (SSSR count). The number of carbonyl (C=O) groups is 1. The zero-order valence-electron chi connectivity index (χ0n) is 10.1. The quantitative estimate of drug-likeness (QED) is 0.813. The van der Waals surface area contributed by atoms with Crippen LogP contribution < -0.4 is 4.74 Å². The van der Waals surface area contributed by atoms with E-state index in [1.807, 2.05) is 0 Å². The number of methoxy groups -OCH3 is 1. The largest absolute Gasteiger partial charge is 0.480 e. The van der Waals surface area contributed by atoms with Crippen LogP contribution in [0.3, 0.4) is 0 Å². The van der Waals surface area contributed by atoms with Crippen molar-refractivity contribution in [3.05, 3.63) is 51.6 Å². The maximum absolute atomic E-state index is 12.0. The van der Waals surface area contributed by atoms with Gasteiger partial charge in [-0.05, 0) is 24.3 Å². The number of nitrogens with zero attached hydrogens (tertiary/aromatic N) is 2. The van der Waals surface area contributed by atoms with Crippen LogP contribution in [-0.4, -0.2) is 23.1 Å². The molecule has 4 nitrogen and oxygen atoms in total. The third kappa shape index (κ3) is 3.43. The topological polar surface area (TPSA) is 52.1 Å². The van der Waals surface area contributed by atoms with Crippen LogP contribution >= 0.6 is 23.2 Å². The number of hydrogen-bond acceptors (Lipinski definition) is 4. The van der Waals surface area contributed by atoms with Crippen molar-refractivity contribution in [3.8, 4) is 5.88 Å². The molecule has 0 N–H and O–H groups in total. The molecule has 2 aromatic rings. The molecule has 0 aliphatic heterocycles. The lowest BCUT2D eigenvalue weighted by Gasteiger charge is -2.03. The van der Waals surface area contributed by atoms with Gasteiger partial charge in [-0.1, -0.05) is 23.2 Å². The minimum Gasteiger partial charge on any atom is -0.480 e. The number of benzene rings is 1. The summed E-state index contributed by atoms with van der Waals surface area (Å²) in [5.74, 6) is 0.309. The number of ether oxygens (including phenoxy) is 1. The van der Waals surface area contributed by atoms with Crippen molar-refractivity contribution in [2.75, 3.05) is 7.11 Å². The maximum atomic E-state index is 12.0. The Morgan fingerprint density at radius 3 is 2.53 bits per heavy atom. The molecule has 0 aliphatic carbocycles. The summed E-state index contributed by atoms with van der Waals surface area (Å²) in [5.41, 5.74) is 1.06. The lowest BCUT2D eigenvalue weighted by Crippen LogP contribution is -2.06. The van der Waals surface area contributed by atoms with E-state index in [1.165, 1.54) is 7.11 Å². The van der Waals surface area contributed by atoms with E-state index in [-0.39, 0.29) is 12.2 Å². The molecule has 0 atom stereocenters. The Labute approximate surface area is 120 Å². The Bertz CT molecular complexity index is 600. The fourth-order valence-corrected chi connectivity index (χ4v) is 1.79. The smallest absolute Gasteiger partial charge is 0.233 e. The summed E-state index contributed by atoms with van der Waals surface area (Å²) in [6.45, 7) is 0. The summed E-state index contributed by atoms with van der Waals surface area (Å²) >= 11 is 11.7. The average Bonchev–Trinajstić information content (AvgIpc) is 2.42. The van der Waals surface area contributed by atoms with Gasteiger partial charge >= 0.3 is 0 Å². The van der Waals surface area contributed by atoms with Gasteiger partial charge in [0.15, 0.2) is 5.78 Å². The third-order valence-electron chi connectivity index (χ3n) is 2.49. The number of ketones is 1. The first kappa shape index (κ1) is 13.8. The molecule has 0 aliphatic rings. The fourth-order valence-electron chi connectivity index (χ4n) is 1.49. The third-order valence-corrected chi connectivity index (χ3v) is 3.23. The van der Waals surface area contributed by atoms with Gasteiger partial charge in [0.1, 0.15) is 0 Å². The standard InChI is InChI=1S/C13H10Cl2N2O2/c1-19-13-5-3-9(16-17-13)7-12(18)8-2-4-10(14)11(15)6-8/h2-6H,7H2,1H3. The molecule has 0 saturated heterocycles. The molecule has 19 heavy (non-hydrogen) atoms. The van der Waals surface area contributed by atoms with Crippen LogP contribution in [0.4, 0.5) is 0 Å². The highest BCUT2D eigenvalue weighted by Gasteiger charge is 2.10. The Kier molecular flexibility index (Phi) is 4.35. The average molecular weight is 297 g/mol. The first-order chi connectivity index (χ1) is 9.10. The molecule has 0 bridgehead atoms. The van der Waals surface area contributed by atoms with Gasteiger partial charge in [0.25, 0.3) is 0 Å². The molecular weight excluding hydrogens is 287 g/mol. The number of halogens is 2. The predicted molar refractivity (Wildman–Crippen MR) is 73.1 cm³/mol. The number of rotatable bonds is 4. The highest BCUT2D eigenvalue weighted by Crippen LogP contribution is 2.23. The van der Waals surface area contributed by atoms with E-state index in [4.69, 9.17) is 27.9 Å². The van der Waals surface area contributed by atoms with E-state index in [2.05, 4.69) is 10.2 Å². The number of carbonyl (C=O) groups excluding carboxylic acids is 1. The highest BCUT2D eigenvalue weighted by atomic mass is 35.5. The van der Waals surface area contributed by atoms with Gasteiger partial charge in [-0.3, -0.25) is 4.79 Å². The Morgan fingerprint density at radius 2 is 1.95 bits per heavy atom. The van der Waals surface area contributed by atoms with E-state index >= 15 is 0 Å². The van der Waals surface area contributed by atoms with Gasteiger partial charge in [0, 0.05) is 11.6 Å². The second-order valence-electron chi connectivity index (χ2n) is 3.80. The van der Waals surface area contributed by atoms with Crippen molar-refractivity contribution in [2.45, 2.75) is 6.42 Å². The van der Waals surface area contributed by atoms with E-state index < -0.39 is 0 Å². The number of hydrogen-bond donors (Lipinski definition) is 0. The van der Waals surface area contributed by atoms with Crippen LogP contribution in [0, 0.1) is 0 Å². The van der Waals surface area contributed by atoms with Crippen LogP contribution in [0.5, 0.6) is 5.88 Å². The van der Waals surface area contributed by atoms with Gasteiger partial charge in [0.2, 0.25) is 5.88 Å². The van der Waals surface area contributed by atoms with Gasteiger partial charge in [-0.25, -0.2) is 0 Å². The van der Waals surface area contributed by atoms with E-state index in [0.717, 1.165) is 0 Å². The Morgan fingerprint density at radius 1 is 1.16 bits per heavy atom. The van der Waals surface area contributed by atoms with Crippen molar-refractivity contribution < 1.29 is 9.53 Å². The lowest BCUT2D eigenvalue weighted by molar-refractivity contribution is 0.0991. The van der Waals surface area contributed by atoms with Crippen LogP contribution in [0.15, 0.2) is 30.3 Å². The monoisotopic (exact) mass is 296 g/mol. The zero-order valence-corrected chi connectivity index (χ0v) is 11.6. The van der Waals surface area contributed by atoms with E-state index in [0.29, 0.717) is 27.2 Å². The molecule has 98 valence electrons. The van der Waals surface area contributed by atoms with Gasteiger partial charge < -0.3 is 4.74 Å². The normalized spacial score (nSPS) is 10.3. The van der Waals surface area contributed by atoms with Crippen molar-refractivity contribution >= 4 is 29.0 Å². The van der Waals surface area contributed by atoms with E-state index in [9.17, 15) is 4.79 Å². The summed E-state index contributed by atoms with van der Waals surface area (Å²) in [6, 6.07) is 8.12. The van der Waals surface area contributed by atoms with Crippen molar-refractivity contribution in [1.29, 1.82) is 0 Å². The van der Waals surface area contributed by atoms with Crippen molar-refractivity contribution in [2.24, 2.45) is 0 Å². The zero-order chi connectivity index (χ0) is 13.8. The summed E-state index contributed by atoms with van der Waals surface area (Å²) in [5, 5.41) is 8.48. The predicted octanol–water partition coefficient (Wildman–Crippen LogP) is 3.22. The molecule has 0 fully saturated rings. The minimum absolute atomic E-state index is 0.0990. The first-order valence-electron chi connectivity index (χ1n) is 5.45. The molecule has 1 heterocycles. The molecule has 0 unspecified atom stereocenters. The summed E-state index contributed by atoms with van der Waals surface area (Å²) < 4.78 is 4.90. The minimum atomic E-state index is -0.0990. The molecule has 0 amide bonds. The Balaban J connectivity index is 2.13. The van der Waals surface area contributed by atoms with Crippen LogP contribution in [-0.2, 0) is 6.42 Å². The van der Waals surface area contributed by atoms with Gasteiger partial charge in [-0.15, -0.1) is 5.10 Å². The lowest BCUT2D eigenvalue weighted by atomic mass is 10.1. The SMILES string of the molecule is COc1ccc(CC(=O)c2ccc(Cl)c(Cl)c2)nn1. The molecule has 6 heteroatoms. The summed E-state index contributed by atoms with van der Waals surface area (Å²) in [4.78, 5) is 12.0. The van der Waals surface area contributed by atoms with Crippen LogP contribution in [0.25, 0.3) is 0 Å². The van der Waals surface area contributed by atoms with Crippen molar-refractivity contribution in [3.63, 3.8) is 0 Å². The number of Topliss-reactive ketones (excluding diaryl/α,β-unsaturated/α-hetero) is 1. The van der Waals surface area contributed by atoms with Gasteiger partial charge in [-0.2, -0.15) is 5.10 Å². The number of aromatic nitrogens is 2. The van der Waals surface area contributed by atoms with Crippen LogP contribution in [0.1, 0.15) is 16.1 Å². The molecular formula is C13H10Cl2N2O2. The molecule has 0 saturated carbocycles. The summed E-state index contributed by atoms with van der Waals surface area (Å²) in [7, 11) is 1.50. The summed E-state index contributed by atoms with van der Waals surface area (Å²) in [6.07, 6.45) is 0.148. The first-order valence-corrected chi connectivity index (χ1v) is 6.20. The molecule has 0 spiro atoms.